The van der Waals surface area contributed by atoms with Crippen LogP contribution in [0.4, 0.5) is 8.78 Å². The van der Waals surface area contributed by atoms with Crippen LogP contribution in [0.1, 0.15) is 38.2 Å². The van der Waals surface area contributed by atoms with Gasteiger partial charge in [0, 0.05) is 17.7 Å². The number of hydrogen-bond acceptors (Lipinski definition) is 3. The largest absolute Gasteiger partial charge is 0.370 e. The number of nitrogens with two attached hydrogens (primary N) is 1. The molecule has 2 aliphatic rings. The molecule has 108 valence electrons. The van der Waals surface area contributed by atoms with Crippen molar-refractivity contribution in [1.29, 1.82) is 0 Å². The fourth-order valence-corrected chi connectivity index (χ4v) is 3.53. The number of aliphatic imine (C=N–C) groups is 1. The van der Waals surface area contributed by atoms with Crippen LogP contribution in [0.3, 0.4) is 0 Å². The van der Waals surface area contributed by atoms with E-state index < -0.39 is 17.2 Å². The number of guanidine groups is 1. The molecule has 1 heterocycles. The molecule has 3 rings (SSSR count). The van der Waals surface area contributed by atoms with Crippen LogP contribution in [0, 0.1) is 11.6 Å². The summed E-state index contributed by atoms with van der Waals surface area (Å²) in [5.74, 6) is -0.613. The Hall–Kier alpha value is -1.65. The average Bonchev–Trinajstić information content (AvgIpc) is 2.98. The first-order valence-corrected chi connectivity index (χ1v) is 7.07. The number of hydrogen-bond donors (Lipinski definition) is 1. The van der Waals surface area contributed by atoms with Crippen molar-refractivity contribution in [2.45, 2.75) is 44.2 Å². The smallest absolute Gasteiger partial charge is 0.192 e. The molecule has 0 bridgehead atoms. The summed E-state index contributed by atoms with van der Waals surface area (Å²) in [5.41, 5.74) is 5.88. The molecule has 20 heavy (non-hydrogen) atoms. The molecule has 1 unspecified atom stereocenters. The molecule has 1 aromatic carbocycles. The lowest BCUT2D eigenvalue weighted by atomic mass is 9.89. The fourth-order valence-electron chi connectivity index (χ4n) is 3.53. The highest BCUT2D eigenvalue weighted by Crippen LogP contribution is 2.39. The molecular weight excluding hydrogens is 260 g/mol. The third kappa shape index (κ3) is 1.96. The zero-order valence-electron chi connectivity index (χ0n) is 11.6. The van der Waals surface area contributed by atoms with Gasteiger partial charge in [0.05, 0.1) is 12.1 Å². The van der Waals surface area contributed by atoms with Crippen molar-refractivity contribution in [3.63, 3.8) is 0 Å². The van der Waals surface area contributed by atoms with Gasteiger partial charge in [-0.2, -0.15) is 0 Å². The van der Waals surface area contributed by atoms with E-state index in [2.05, 4.69) is 4.99 Å². The van der Waals surface area contributed by atoms with E-state index in [0.29, 0.717) is 24.1 Å². The van der Waals surface area contributed by atoms with Gasteiger partial charge in [-0.25, -0.2) is 8.78 Å². The minimum absolute atomic E-state index is 0.302. The Balaban J connectivity index is 2.01. The van der Waals surface area contributed by atoms with E-state index in [1.165, 1.54) is 12.1 Å². The van der Waals surface area contributed by atoms with Gasteiger partial charge < -0.3 is 10.6 Å². The Morgan fingerprint density at radius 2 is 2.00 bits per heavy atom. The van der Waals surface area contributed by atoms with E-state index in [1.807, 2.05) is 11.8 Å². The molecule has 1 saturated carbocycles. The average molecular weight is 279 g/mol. The molecule has 1 aromatic rings. The maximum atomic E-state index is 14.2. The summed E-state index contributed by atoms with van der Waals surface area (Å²) < 4.78 is 27.3. The second kappa shape index (κ2) is 4.72. The molecule has 1 aliphatic heterocycles. The van der Waals surface area contributed by atoms with Crippen LogP contribution in [0.2, 0.25) is 0 Å². The number of nitrogens with zero attached hydrogens (tertiary/aromatic N) is 2. The molecular formula is C15H19F2N3. The van der Waals surface area contributed by atoms with Gasteiger partial charge in [-0.3, -0.25) is 4.99 Å². The van der Waals surface area contributed by atoms with Crippen LogP contribution in [-0.4, -0.2) is 23.4 Å². The Morgan fingerprint density at radius 1 is 1.30 bits per heavy atom. The first-order chi connectivity index (χ1) is 9.52. The SMILES string of the molecule is CC1(c2ccc(F)cc2F)CN=C(N)N1C1CCCC1. The molecule has 0 saturated heterocycles. The monoisotopic (exact) mass is 279 g/mol. The summed E-state index contributed by atoms with van der Waals surface area (Å²) >= 11 is 0. The zero-order chi connectivity index (χ0) is 14.3. The van der Waals surface area contributed by atoms with Gasteiger partial charge in [0.2, 0.25) is 0 Å². The van der Waals surface area contributed by atoms with E-state index in [9.17, 15) is 8.78 Å². The van der Waals surface area contributed by atoms with Crippen LogP contribution in [0.15, 0.2) is 23.2 Å². The van der Waals surface area contributed by atoms with Crippen molar-refractivity contribution in [2.75, 3.05) is 6.54 Å². The van der Waals surface area contributed by atoms with Crippen molar-refractivity contribution in [1.82, 2.24) is 4.90 Å². The molecule has 5 heteroatoms. The summed E-state index contributed by atoms with van der Waals surface area (Å²) in [7, 11) is 0. The number of benzene rings is 1. The lowest BCUT2D eigenvalue weighted by Crippen LogP contribution is -2.52. The molecule has 2 N–H and O–H groups in total. The van der Waals surface area contributed by atoms with Gasteiger partial charge in [0.15, 0.2) is 5.96 Å². The van der Waals surface area contributed by atoms with Crippen molar-refractivity contribution in [2.24, 2.45) is 10.7 Å². The molecule has 1 atom stereocenters. The summed E-state index contributed by atoms with van der Waals surface area (Å²) in [6.07, 6.45) is 4.43. The van der Waals surface area contributed by atoms with Gasteiger partial charge in [0.25, 0.3) is 0 Å². The molecule has 0 spiro atoms. The molecule has 0 radical (unpaired) electrons. The lowest BCUT2D eigenvalue weighted by molar-refractivity contribution is 0.162. The summed E-state index contributed by atoms with van der Waals surface area (Å²) in [5, 5.41) is 0. The van der Waals surface area contributed by atoms with E-state index >= 15 is 0 Å². The third-order valence-electron chi connectivity index (χ3n) is 4.53. The Morgan fingerprint density at radius 3 is 2.65 bits per heavy atom. The normalized spacial score (nSPS) is 27.1. The van der Waals surface area contributed by atoms with Crippen molar-refractivity contribution >= 4 is 5.96 Å². The summed E-state index contributed by atoms with van der Waals surface area (Å²) in [6, 6.07) is 4.05. The highest BCUT2D eigenvalue weighted by molar-refractivity contribution is 5.81. The second-order valence-corrected chi connectivity index (χ2v) is 5.88. The van der Waals surface area contributed by atoms with E-state index in [4.69, 9.17) is 5.73 Å². The highest BCUT2D eigenvalue weighted by Gasteiger charge is 2.45. The van der Waals surface area contributed by atoms with Crippen molar-refractivity contribution < 1.29 is 8.78 Å². The van der Waals surface area contributed by atoms with Crippen LogP contribution in [-0.2, 0) is 5.54 Å². The standard InChI is InChI=1S/C15H19F2N3/c1-15(12-7-6-10(16)8-13(12)17)9-19-14(18)20(15)11-4-2-3-5-11/h6-8,11H,2-5,9H2,1H3,(H2,18,19). The lowest BCUT2D eigenvalue weighted by Gasteiger charge is -2.41. The van der Waals surface area contributed by atoms with Crippen molar-refractivity contribution in [3.05, 3.63) is 35.4 Å². The number of rotatable bonds is 2. The van der Waals surface area contributed by atoms with Gasteiger partial charge >= 0.3 is 0 Å². The Labute approximate surface area is 117 Å². The second-order valence-electron chi connectivity index (χ2n) is 5.88. The maximum absolute atomic E-state index is 14.2. The summed E-state index contributed by atoms with van der Waals surface area (Å²) in [4.78, 5) is 6.35. The number of halogens is 2. The zero-order valence-corrected chi connectivity index (χ0v) is 11.6. The van der Waals surface area contributed by atoms with Gasteiger partial charge in [0.1, 0.15) is 11.6 Å². The van der Waals surface area contributed by atoms with Gasteiger partial charge in [-0.1, -0.05) is 18.9 Å². The van der Waals surface area contributed by atoms with Crippen molar-refractivity contribution in [3.8, 4) is 0 Å². The molecule has 1 aliphatic carbocycles. The highest BCUT2D eigenvalue weighted by atomic mass is 19.1. The molecule has 1 fully saturated rings. The van der Waals surface area contributed by atoms with Crippen LogP contribution < -0.4 is 5.73 Å². The molecule has 0 aromatic heterocycles. The third-order valence-corrected chi connectivity index (χ3v) is 4.53. The maximum Gasteiger partial charge on any atom is 0.192 e. The minimum atomic E-state index is -0.614. The summed E-state index contributed by atoms with van der Waals surface area (Å²) in [6.45, 7) is 2.35. The predicted octanol–water partition coefficient (Wildman–Crippen LogP) is 2.75. The topological polar surface area (TPSA) is 41.6 Å². The fraction of sp³-hybridized carbons (Fsp3) is 0.533. The Bertz CT molecular complexity index is 552. The predicted molar refractivity (Wildman–Crippen MR) is 74.3 cm³/mol. The Kier molecular flexibility index (Phi) is 3.15. The van der Waals surface area contributed by atoms with Crippen LogP contribution in [0.25, 0.3) is 0 Å². The van der Waals surface area contributed by atoms with Gasteiger partial charge in [-0.15, -0.1) is 0 Å². The molecule has 3 nitrogen and oxygen atoms in total. The molecule has 0 amide bonds. The first-order valence-electron chi connectivity index (χ1n) is 7.07. The van der Waals surface area contributed by atoms with E-state index in [-0.39, 0.29) is 0 Å². The van der Waals surface area contributed by atoms with E-state index in [0.717, 1.165) is 31.7 Å². The van der Waals surface area contributed by atoms with Crippen LogP contribution >= 0.6 is 0 Å². The quantitative estimate of drug-likeness (QED) is 0.904. The van der Waals surface area contributed by atoms with Crippen LogP contribution in [0.5, 0.6) is 0 Å². The minimum Gasteiger partial charge on any atom is -0.370 e. The van der Waals surface area contributed by atoms with E-state index in [1.54, 1.807) is 0 Å². The van der Waals surface area contributed by atoms with Gasteiger partial charge in [-0.05, 0) is 25.8 Å². The first kappa shape index (κ1) is 13.3.